The number of piperazine rings is 1. The van der Waals surface area contributed by atoms with Crippen molar-refractivity contribution in [1.82, 2.24) is 25.1 Å². The molecule has 1 aliphatic rings. The normalized spacial score (nSPS) is 14.5. The minimum Gasteiger partial charge on any atom is -0.455 e. The summed E-state index contributed by atoms with van der Waals surface area (Å²) in [4.78, 5) is 28.8. The highest BCUT2D eigenvalue weighted by molar-refractivity contribution is 7.98. The second-order valence-corrected chi connectivity index (χ2v) is 9.74. The molecule has 1 amide bonds. The average Bonchev–Trinajstić information content (AvgIpc) is 3.37. The number of anilines is 1. The van der Waals surface area contributed by atoms with Crippen LogP contribution in [0.15, 0.2) is 58.1 Å². The minimum atomic E-state index is -0.195. The van der Waals surface area contributed by atoms with E-state index in [0.29, 0.717) is 23.2 Å². The van der Waals surface area contributed by atoms with E-state index >= 15 is 0 Å². The van der Waals surface area contributed by atoms with Gasteiger partial charge in [-0.2, -0.15) is 0 Å². The fourth-order valence-electron chi connectivity index (χ4n) is 3.88. The Morgan fingerprint density at radius 1 is 1.09 bits per heavy atom. The van der Waals surface area contributed by atoms with Gasteiger partial charge in [0.25, 0.3) is 5.91 Å². The van der Waals surface area contributed by atoms with Gasteiger partial charge in [0.1, 0.15) is 11.6 Å². The SMILES string of the molecule is CCN1CCN(c2cc(-c3ccccc3)nc(SCc3ccc(C(=O)NCCN(C)C)o3)n2)CC1. The lowest BCUT2D eigenvalue weighted by Crippen LogP contribution is -2.46. The minimum absolute atomic E-state index is 0.195. The third kappa shape index (κ3) is 7.06. The molecule has 3 heterocycles. The monoisotopic (exact) mass is 494 g/mol. The van der Waals surface area contributed by atoms with E-state index in [1.165, 1.54) is 11.8 Å². The molecule has 1 aromatic carbocycles. The Hall–Kier alpha value is -2.88. The summed E-state index contributed by atoms with van der Waals surface area (Å²) in [6.07, 6.45) is 0. The summed E-state index contributed by atoms with van der Waals surface area (Å²) in [6.45, 7) is 8.61. The topological polar surface area (TPSA) is 77.7 Å². The fourth-order valence-corrected chi connectivity index (χ4v) is 4.63. The van der Waals surface area contributed by atoms with Crippen LogP contribution >= 0.6 is 11.8 Å². The number of hydrogen-bond donors (Lipinski definition) is 1. The van der Waals surface area contributed by atoms with Gasteiger partial charge < -0.3 is 24.4 Å². The van der Waals surface area contributed by atoms with E-state index in [2.05, 4.69) is 40.2 Å². The Balaban J connectivity index is 1.46. The van der Waals surface area contributed by atoms with Gasteiger partial charge in [-0.25, -0.2) is 9.97 Å². The molecule has 4 rings (SSSR count). The first-order chi connectivity index (χ1) is 17.0. The van der Waals surface area contributed by atoms with E-state index in [9.17, 15) is 4.79 Å². The Kier molecular flexibility index (Phi) is 8.79. The predicted octanol–water partition coefficient (Wildman–Crippen LogP) is 3.46. The molecular weight excluding hydrogens is 460 g/mol. The van der Waals surface area contributed by atoms with E-state index in [-0.39, 0.29) is 5.91 Å². The van der Waals surface area contributed by atoms with Gasteiger partial charge in [0.2, 0.25) is 0 Å². The van der Waals surface area contributed by atoms with Gasteiger partial charge in [-0.3, -0.25) is 4.79 Å². The number of benzene rings is 1. The summed E-state index contributed by atoms with van der Waals surface area (Å²) in [7, 11) is 3.94. The number of furan rings is 1. The van der Waals surface area contributed by atoms with Crippen LogP contribution in [0, 0.1) is 0 Å². The zero-order valence-electron chi connectivity index (χ0n) is 20.7. The van der Waals surface area contributed by atoms with Crippen LogP contribution in [-0.4, -0.2) is 85.6 Å². The van der Waals surface area contributed by atoms with Crippen molar-refractivity contribution in [3.8, 4) is 11.3 Å². The molecule has 0 radical (unpaired) electrons. The lowest BCUT2D eigenvalue weighted by molar-refractivity contribution is 0.0922. The van der Waals surface area contributed by atoms with Gasteiger partial charge in [-0.15, -0.1) is 0 Å². The van der Waals surface area contributed by atoms with Crippen LogP contribution in [-0.2, 0) is 5.75 Å². The van der Waals surface area contributed by atoms with Gasteiger partial charge >= 0.3 is 0 Å². The van der Waals surface area contributed by atoms with Gasteiger partial charge in [-0.1, -0.05) is 49.0 Å². The highest BCUT2D eigenvalue weighted by Gasteiger charge is 2.19. The Morgan fingerprint density at radius 3 is 2.57 bits per heavy atom. The van der Waals surface area contributed by atoms with Crippen molar-refractivity contribution < 1.29 is 9.21 Å². The van der Waals surface area contributed by atoms with Gasteiger partial charge in [-0.05, 0) is 32.8 Å². The number of carbonyl (C=O) groups is 1. The number of hydrogen-bond acceptors (Lipinski definition) is 8. The number of aromatic nitrogens is 2. The highest BCUT2D eigenvalue weighted by atomic mass is 32.2. The number of nitrogens with one attached hydrogen (secondary N) is 1. The maximum atomic E-state index is 12.3. The third-order valence-corrected chi connectivity index (χ3v) is 6.85. The fraction of sp³-hybridized carbons (Fsp3) is 0.423. The summed E-state index contributed by atoms with van der Waals surface area (Å²) in [5.41, 5.74) is 1.98. The number of nitrogens with zero attached hydrogens (tertiary/aromatic N) is 5. The molecule has 1 aliphatic heterocycles. The molecule has 0 unspecified atom stereocenters. The van der Waals surface area contributed by atoms with Crippen molar-refractivity contribution in [3.63, 3.8) is 0 Å². The number of likely N-dealkylation sites (N-methyl/N-ethyl adjacent to an activating group) is 2. The first-order valence-corrected chi connectivity index (χ1v) is 13.1. The summed E-state index contributed by atoms with van der Waals surface area (Å²) in [6, 6.07) is 15.9. The summed E-state index contributed by atoms with van der Waals surface area (Å²) < 4.78 is 5.79. The van der Waals surface area contributed by atoms with Crippen LogP contribution in [0.25, 0.3) is 11.3 Å². The summed E-state index contributed by atoms with van der Waals surface area (Å²) in [5.74, 6) is 2.36. The molecule has 0 atom stereocenters. The highest BCUT2D eigenvalue weighted by Crippen LogP contribution is 2.28. The van der Waals surface area contributed by atoms with E-state index in [1.807, 2.05) is 43.3 Å². The van der Waals surface area contributed by atoms with Crippen molar-refractivity contribution in [2.24, 2.45) is 0 Å². The standard InChI is InChI=1S/C26H34N6O2S/c1-4-31-14-16-32(17-15-31)24-18-22(20-8-6-5-7-9-20)28-26(29-24)35-19-21-10-11-23(34-21)25(33)27-12-13-30(2)3/h5-11,18H,4,12-17,19H2,1-3H3,(H,27,33). The molecule has 0 spiro atoms. The average molecular weight is 495 g/mol. The first-order valence-electron chi connectivity index (χ1n) is 12.1. The van der Waals surface area contributed by atoms with E-state index < -0.39 is 0 Å². The summed E-state index contributed by atoms with van der Waals surface area (Å²) in [5, 5.41) is 3.58. The van der Waals surface area contributed by atoms with Crippen molar-refractivity contribution in [3.05, 3.63) is 60.1 Å². The van der Waals surface area contributed by atoms with E-state index in [1.54, 1.807) is 6.07 Å². The molecule has 3 aromatic rings. The van der Waals surface area contributed by atoms with Crippen molar-refractivity contribution in [1.29, 1.82) is 0 Å². The maximum Gasteiger partial charge on any atom is 0.287 e. The van der Waals surface area contributed by atoms with Gasteiger partial charge in [0.15, 0.2) is 10.9 Å². The molecule has 9 heteroatoms. The quantitative estimate of drug-likeness (QED) is 0.339. The second kappa shape index (κ2) is 12.2. The summed E-state index contributed by atoms with van der Waals surface area (Å²) >= 11 is 1.52. The predicted molar refractivity (Wildman–Crippen MR) is 141 cm³/mol. The zero-order chi connectivity index (χ0) is 24.6. The maximum absolute atomic E-state index is 12.3. The van der Waals surface area contributed by atoms with Gasteiger partial charge in [0.05, 0.1) is 11.4 Å². The number of rotatable bonds is 10. The molecule has 1 saturated heterocycles. The molecule has 35 heavy (non-hydrogen) atoms. The number of carbonyl (C=O) groups excluding carboxylic acids is 1. The van der Waals surface area contributed by atoms with Gasteiger partial charge in [0, 0.05) is 50.9 Å². The number of thioether (sulfide) groups is 1. The van der Waals surface area contributed by atoms with Crippen LogP contribution in [0.3, 0.4) is 0 Å². The zero-order valence-corrected chi connectivity index (χ0v) is 21.6. The molecule has 186 valence electrons. The molecule has 2 aromatic heterocycles. The van der Waals surface area contributed by atoms with Crippen molar-refractivity contribution in [2.45, 2.75) is 17.8 Å². The molecule has 0 bridgehead atoms. The molecule has 1 N–H and O–H groups in total. The van der Waals surface area contributed by atoms with Crippen LogP contribution in [0.2, 0.25) is 0 Å². The van der Waals surface area contributed by atoms with E-state index in [0.717, 1.165) is 62.1 Å². The van der Waals surface area contributed by atoms with Crippen LogP contribution in [0.5, 0.6) is 0 Å². The molecular formula is C26H34N6O2S. The molecule has 1 fully saturated rings. The molecule has 8 nitrogen and oxygen atoms in total. The largest absolute Gasteiger partial charge is 0.455 e. The first kappa shape index (κ1) is 25.2. The molecule has 0 aliphatic carbocycles. The molecule has 0 saturated carbocycles. The smallest absolute Gasteiger partial charge is 0.287 e. The Bertz CT molecular complexity index is 1100. The van der Waals surface area contributed by atoms with Crippen molar-refractivity contribution in [2.75, 3.05) is 64.8 Å². The Morgan fingerprint density at radius 2 is 1.86 bits per heavy atom. The number of amides is 1. The van der Waals surface area contributed by atoms with Crippen LogP contribution in [0.4, 0.5) is 5.82 Å². The second-order valence-electron chi connectivity index (χ2n) is 8.80. The van der Waals surface area contributed by atoms with E-state index in [4.69, 9.17) is 14.4 Å². The van der Waals surface area contributed by atoms with Crippen LogP contribution in [0.1, 0.15) is 23.2 Å². The third-order valence-electron chi connectivity index (χ3n) is 5.98. The van der Waals surface area contributed by atoms with Crippen LogP contribution < -0.4 is 10.2 Å². The lowest BCUT2D eigenvalue weighted by Gasteiger charge is -2.35. The Labute approximate surface area is 211 Å². The lowest BCUT2D eigenvalue weighted by atomic mass is 10.1. The van der Waals surface area contributed by atoms with Crippen molar-refractivity contribution >= 4 is 23.5 Å².